The van der Waals surface area contributed by atoms with Crippen LogP contribution in [0.15, 0.2) is 22.7 Å². The minimum Gasteiger partial charge on any atom is -0.439 e. The Morgan fingerprint density at radius 1 is 1.50 bits per heavy atom. The molecule has 0 atom stereocenters. The van der Waals surface area contributed by atoms with Crippen LogP contribution in [0.25, 0.3) is 11.2 Å². The number of nitrogens with zero attached hydrogens (tertiary/aromatic N) is 2. The van der Waals surface area contributed by atoms with Gasteiger partial charge in [-0.1, -0.05) is 0 Å². The van der Waals surface area contributed by atoms with Gasteiger partial charge in [0.1, 0.15) is 0 Å². The summed E-state index contributed by atoms with van der Waals surface area (Å²) in [4.78, 5) is 8.03. The van der Waals surface area contributed by atoms with Crippen molar-refractivity contribution in [2.75, 3.05) is 0 Å². The van der Waals surface area contributed by atoms with E-state index in [1.54, 1.807) is 6.20 Å². The Morgan fingerprint density at radius 3 is 3.20 bits per heavy atom. The molecule has 0 unspecified atom stereocenters. The molecule has 3 heteroatoms. The van der Waals surface area contributed by atoms with E-state index in [0.29, 0.717) is 11.5 Å². The first-order valence-corrected chi connectivity index (χ1v) is 3.04. The molecule has 3 nitrogen and oxygen atoms in total. The Hall–Kier alpha value is -1.38. The lowest BCUT2D eigenvalue weighted by atomic mass is 10.5. The molecule has 2 rings (SSSR count). The predicted octanol–water partition coefficient (Wildman–Crippen LogP) is 1.53. The molecular weight excluding hydrogens is 128 g/mol. The molecule has 0 bridgehead atoms. The molecule has 0 amide bonds. The fraction of sp³-hybridized carbons (Fsp3) is 0.143. The van der Waals surface area contributed by atoms with Crippen LogP contribution in [0.1, 0.15) is 5.89 Å². The smallest absolute Gasteiger partial charge is 0.198 e. The topological polar surface area (TPSA) is 38.9 Å². The lowest BCUT2D eigenvalue weighted by Crippen LogP contribution is -1.72. The van der Waals surface area contributed by atoms with Crippen LogP contribution >= 0.6 is 0 Å². The van der Waals surface area contributed by atoms with Gasteiger partial charge in [0.25, 0.3) is 0 Å². The van der Waals surface area contributed by atoms with Gasteiger partial charge in [-0.05, 0) is 12.1 Å². The Balaban J connectivity index is 2.88. The van der Waals surface area contributed by atoms with E-state index in [2.05, 4.69) is 9.97 Å². The summed E-state index contributed by atoms with van der Waals surface area (Å²) in [5.74, 6) is 0.661. The lowest BCUT2D eigenvalue weighted by molar-refractivity contribution is 0.561. The first-order chi connectivity index (χ1) is 4.86. The average molecular weight is 134 g/mol. The Kier molecular flexibility index (Phi) is 0.974. The molecule has 2 aromatic heterocycles. The zero-order chi connectivity index (χ0) is 6.97. The summed E-state index contributed by atoms with van der Waals surface area (Å²) in [5.41, 5.74) is 1.43. The van der Waals surface area contributed by atoms with Gasteiger partial charge in [0, 0.05) is 13.1 Å². The average Bonchev–Trinajstić information content (AvgIpc) is 2.27. The lowest BCUT2D eigenvalue weighted by Gasteiger charge is -1.79. The van der Waals surface area contributed by atoms with E-state index in [4.69, 9.17) is 4.42 Å². The molecular formula is C7H6N2O. The molecule has 0 fully saturated rings. The minimum atomic E-state index is 0.661. The molecule has 0 aliphatic carbocycles. The second kappa shape index (κ2) is 1.80. The van der Waals surface area contributed by atoms with Gasteiger partial charge in [-0.15, -0.1) is 0 Å². The quantitative estimate of drug-likeness (QED) is 0.548. The Labute approximate surface area is 57.7 Å². The molecule has 2 heterocycles. The van der Waals surface area contributed by atoms with E-state index in [-0.39, 0.29) is 0 Å². The fourth-order valence-electron chi connectivity index (χ4n) is 0.877. The standard InChI is InChI=1S/C7H6N2O/c1-5-9-7-6(10-5)3-2-4-8-7/h2-4H,1H3. The van der Waals surface area contributed by atoms with Crippen molar-refractivity contribution >= 4 is 11.2 Å². The first kappa shape index (κ1) is 5.41. The first-order valence-electron chi connectivity index (χ1n) is 3.04. The summed E-state index contributed by atoms with van der Waals surface area (Å²) >= 11 is 0. The van der Waals surface area contributed by atoms with Gasteiger partial charge in [-0.25, -0.2) is 4.98 Å². The van der Waals surface area contributed by atoms with Crippen molar-refractivity contribution in [1.82, 2.24) is 9.97 Å². The van der Waals surface area contributed by atoms with Crippen LogP contribution in [0, 0.1) is 6.92 Å². The highest BCUT2D eigenvalue weighted by molar-refractivity contribution is 5.66. The van der Waals surface area contributed by atoms with Crippen molar-refractivity contribution in [3.63, 3.8) is 0 Å². The number of aryl methyl sites for hydroxylation is 1. The van der Waals surface area contributed by atoms with Crippen LogP contribution in [-0.4, -0.2) is 9.97 Å². The number of hydrogen-bond donors (Lipinski definition) is 0. The van der Waals surface area contributed by atoms with Crippen LogP contribution in [-0.2, 0) is 0 Å². The SMILES string of the molecule is Cc1nc2ncccc2o1. The maximum atomic E-state index is 5.19. The van der Waals surface area contributed by atoms with Crippen molar-refractivity contribution in [2.45, 2.75) is 6.92 Å². The molecule has 0 radical (unpaired) electrons. The molecule has 0 aliphatic heterocycles. The number of pyridine rings is 1. The maximum Gasteiger partial charge on any atom is 0.198 e. The summed E-state index contributed by atoms with van der Waals surface area (Å²) in [6, 6.07) is 3.68. The van der Waals surface area contributed by atoms with Gasteiger partial charge in [-0.2, -0.15) is 4.98 Å². The van der Waals surface area contributed by atoms with Crippen molar-refractivity contribution in [3.8, 4) is 0 Å². The van der Waals surface area contributed by atoms with Crippen molar-refractivity contribution in [1.29, 1.82) is 0 Å². The molecule has 0 aromatic carbocycles. The number of aromatic nitrogens is 2. The number of hydrogen-bond acceptors (Lipinski definition) is 3. The van der Waals surface area contributed by atoms with Crippen LogP contribution in [0.3, 0.4) is 0 Å². The largest absolute Gasteiger partial charge is 0.439 e. The zero-order valence-electron chi connectivity index (χ0n) is 5.53. The summed E-state index contributed by atoms with van der Waals surface area (Å²) in [5, 5.41) is 0. The highest BCUT2D eigenvalue weighted by atomic mass is 16.3. The molecule has 0 saturated heterocycles. The normalized spacial score (nSPS) is 10.5. The molecule has 0 aliphatic rings. The van der Waals surface area contributed by atoms with E-state index in [9.17, 15) is 0 Å². The van der Waals surface area contributed by atoms with Crippen LogP contribution in [0.4, 0.5) is 0 Å². The van der Waals surface area contributed by atoms with Gasteiger partial charge in [0.05, 0.1) is 0 Å². The van der Waals surface area contributed by atoms with Gasteiger partial charge in [0.2, 0.25) is 0 Å². The maximum absolute atomic E-state index is 5.19. The number of rotatable bonds is 0. The van der Waals surface area contributed by atoms with Crippen LogP contribution in [0.5, 0.6) is 0 Å². The minimum absolute atomic E-state index is 0.661. The van der Waals surface area contributed by atoms with Crippen molar-refractivity contribution in [3.05, 3.63) is 24.2 Å². The summed E-state index contributed by atoms with van der Waals surface area (Å²) in [7, 11) is 0. The Bertz CT molecular complexity index is 320. The molecule has 10 heavy (non-hydrogen) atoms. The highest BCUT2D eigenvalue weighted by Crippen LogP contribution is 2.10. The zero-order valence-corrected chi connectivity index (χ0v) is 5.53. The molecule has 0 spiro atoms. The summed E-state index contributed by atoms with van der Waals surface area (Å²) in [6.45, 7) is 1.81. The monoisotopic (exact) mass is 134 g/mol. The fourth-order valence-corrected chi connectivity index (χ4v) is 0.877. The van der Waals surface area contributed by atoms with Gasteiger partial charge >= 0.3 is 0 Å². The molecule has 50 valence electrons. The Morgan fingerprint density at radius 2 is 2.40 bits per heavy atom. The van der Waals surface area contributed by atoms with E-state index in [0.717, 1.165) is 5.58 Å². The van der Waals surface area contributed by atoms with Crippen molar-refractivity contribution < 1.29 is 4.42 Å². The van der Waals surface area contributed by atoms with E-state index in [1.807, 2.05) is 19.1 Å². The summed E-state index contributed by atoms with van der Waals surface area (Å²) < 4.78 is 5.19. The third kappa shape index (κ3) is 0.673. The summed E-state index contributed by atoms with van der Waals surface area (Å²) in [6.07, 6.45) is 1.70. The van der Waals surface area contributed by atoms with E-state index >= 15 is 0 Å². The molecule has 2 aromatic rings. The second-order valence-electron chi connectivity index (χ2n) is 2.06. The highest BCUT2D eigenvalue weighted by Gasteiger charge is 1.98. The van der Waals surface area contributed by atoms with Crippen LogP contribution in [0.2, 0.25) is 0 Å². The van der Waals surface area contributed by atoms with E-state index in [1.165, 1.54) is 0 Å². The number of fused-ring (bicyclic) bond motifs is 1. The van der Waals surface area contributed by atoms with Crippen molar-refractivity contribution in [2.24, 2.45) is 0 Å². The third-order valence-electron chi connectivity index (χ3n) is 1.27. The second-order valence-corrected chi connectivity index (χ2v) is 2.06. The molecule has 0 N–H and O–H groups in total. The van der Waals surface area contributed by atoms with Gasteiger partial charge < -0.3 is 4.42 Å². The number of oxazole rings is 1. The van der Waals surface area contributed by atoms with Gasteiger partial charge in [0.15, 0.2) is 17.1 Å². The van der Waals surface area contributed by atoms with Gasteiger partial charge in [-0.3, -0.25) is 0 Å². The third-order valence-corrected chi connectivity index (χ3v) is 1.27. The predicted molar refractivity (Wildman–Crippen MR) is 36.5 cm³/mol. The van der Waals surface area contributed by atoms with E-state index < -0.39 is 0 Å². The molecule has 0 saturated carbocycles. The van der Waals surface area contributed by atoms with Crippen LogP contribution < -0.4 is 0 Å².